The van der Waals surface area contributed by atoms with Gasteiger partial charge in [-0.3, -0.25) is 10.1 Å². The van der Waals surface area contributed by atoms with Crippen LogP contribution in [0.15, 0.2) is 18.2 Å². The van der Waals surface area contributed by atoms with E-state index in [0.29, 0.717) is 18.2 Å². The van der Waals surface area contributed by atoms with Gasteiger partial charge in [0.2, 0.25) is 0 Å². The number of carbonyl (C=O) groups is 1. The van der Waals surface area contributed by atoms with Crippen molar-refractivity contribution in [1.82, 2.24) is 5.32 Å². The van der Waals surface area contributed by atoms with Crippen molar-refractivity contribution >= 4 is 17.4 Å². The minimum Gasteiger partial charge on any atom is -0.495 e. The fourth-order valence-electron chi connectivity index (χ4n) is 1.37. The Bertz CT molecular complexity index is 474. The van der Waals surface area contributed by atoms with Crippen LogP contribution in [-0.4, -0.2) is 24.6 Å². The molecular weight excluding hydrogens is 250 g/mol. The number of non-ortho nitro benzene ring substituents is 1. The number of carbonyl (C=O) groups excluding carboxylic acids is 1. The van der Waals surface area contributed by atoms with Gasteiger partial charge >= 0.3 is 6.03 Å². The number of nitrogens with zero attached hydrogens (tertiary/aromatic N) is 1. The molecule has 0 bridgehead atoms. The lowest BCUT2D eigenvalue weighted by atomic mass is 10.2. The Morgan fingerprint density at radius 3 is 2.68 bits per heavy atom. The Morgan fingerprint density at radius 1 is 1.47 bits per heavy atom. The second kappa shape index (κ2) is 6.58. The van der Waals surface area contributed by atoms with E-state index < -0.39 is 11.0 Å². The summed E-state index contributed by atoms with van der Waals surface area (Å²) in [6.07, 6.45) is 0. The number of methoxy groups -OCH3 is 1. The minimum absolute atomic E-state index is 0.111. The van der Waals surface area contributed by atoms with Gasteiger partial charge < -0.3 is 15.4 Å². The largest absolute Gasteiger partial charge is 0.495 e. The molecule has 0 unspecified atom stereocenters. The summed E-state index contributed by atoms with van der Waals surface area (Å²) < 4.78 is 5.04. The number of benzene rings is 1. The van der Waals surface area contributed by atoms with Crippen LogP contribution in [0.5, 0.6) is 5.75 Å². The molecule has 7 heteroatoms. The third-order valence-corrected chi connectivity index (χ3v) is 2.31. The average molecular weight is 267 g/mol. The van der Waals surface area contributed by atoms with E-state index in [2.05, 4.69) is 10.6 Å². The van der Waals surface area contributed by atoms with Crippen LogP contribution in [-0.2, 0) is 0 Å². The summed E-state index contributed by atoms with van der Waals surface area (Å²) in [6, 6.07) is 3.59. The smallest absolute Gasteiger partial charge is 0.319 e. The molecule has 7 nitrogen and oxygen atoms in total. The van der Waals surface area contributed by atoms with Crippen LogP contribution in [0.1, 0.15) is 13.8 Å². The summed E-state index contributed by atoms with van der Waals surface area (Å²) in [5.74, 6) is 0.683. The molecule has 104 valence electrons. The summed E-state index contributed by atoms with van der Waals surface area (Å²) in [6.45, 7) is 4.45. The van der Waals surface area contributed by atoms with E-state index in [0.717, 1.165) is 0 Å². The second-order valence-corrected chi connectivity index (χ2v) is 4.37. The van der Waals surface area contributed by atoms with Gasteiger partial charge in [-0.25, -0.2) is 4.79 Å². The van der Waals surface area contributed by atoms with E-state index in [1.807, 2.05) is 13.8 Å². The fraction of sp³-hybridized carbons (Fsp3) is 0.417. The first-order valence-corrected chi connectivity index (χ1v) is 5.81. The Kier molecular flexibility index (Phi) is 5.11. The number of rotatable bonds is 5. The number of amides is 2. The van der Waals surface area contributed by atoms with Gasteiger partial charge in [0.1, 0.15) is 5.75 Å². The van der Waals surface area contributed by atoms with E-state index in [4.69, 9.17) is 4.74 Å². The maximum atomic E-state index is 11.6. The van der Waals surface area contributed by atoms with Gasteiger partial charge in [-0.1, -0.05) is 13.8 Å². The molecule has 0 aromatic heterocycles. The molecule has 1 aromatic rings. The molecule has 0 spiro atoms. The molecule has 0 radical (unpaired) electrons. The van der Waals surface area contributed by atoms with Crippen molar-refractivity contribution in [3.63, 3.8) is 0 Å². The van der Waals surface area contributed by atoms with Gasteiger partial charge in [0.25, 0.3) is 5.69 Å². The van der Waals surface area contributed by atoms with Crippen molar-refractivity contribution in [2.24, 2.45) is 5.92 Å². The average Bonchev–Trinajstić information content (AvgIpc) is 2.36. The van der Waals surface area contributed by atoms with E-state index in [9.17, 15) is 14.9 Å². The molecule has 2 N–H and O–H groups in total. The highest BCUT2D eigenvalue weighted by Crippen LogP contribution is 2.28. The highest BCUT2D eigenvalue weighted by molar-refractivity contribution is 5.91. The first-order chi connectivity index (χ1) is 8.93. The number of ether oxygens (including phenoxy) is 1. The predicted molar refractivity (Wildman–Crippen MR) is 71.5 cm³/mol. The van der Waals surface area contributed by atoms with Gasteiger partial charge in [0.15, 0.2) is 0 Å². The Morgan fingerprint density at radius 2 is 2.16 bits per heavy atom. The summed E-state index contributed by atoms with van der Waals surface area (Å²) in [7, 11) is 1.43. The van der Waals surface area contributed by atoms with Crippen molar-refractivity contribution in [1.29, 1.82) is 0 Å². The maximum absolute atomic E-state index is 11.6. The van der Waals surface area contributed by atoms with Crippen LogP contribution in [0.4, 0.5) is 16.2 Å². The predicted octanol–water partition coefficient (Wildman–Crippen LogP) is 2.38. The summed E-state index contributed by atoms with van der Waals surface area (Å²) in [4.78, 5) is 21.8. The summed E-state index contributed by atoms with van der Waals surface area (Å²) in [5.41, 5.74) is 0.151. The molecule has 0 saturated carbocycles. The molecule has 0 aliphatic rings. The SMILES string of the molecule is COc1ccc([N+](=O)[O-])cc1NC(=O)NCC(C)C. The molecule has 0 aliphatic heterocycles. The fourth-order valence-corrected chi connectivity index (χ4v) is 1.37. The summed E-state index contributed by atoms with van der Waals surface area (Å²) >= 11 is 0. The van der Waals surface area contributed by atoms with Gasteiger partial charge in [-0.05, 0) is 12.0 Å². The molecule has 0 saturated heterocycles. The number of urea groups is 1. The quantitative estimate of drug-likeness (QED) is 0.632. The molecule has 0 aliphatic carbocycles. The Hall–Kier alpha value is -2.31. The van der Waals surface area contributed by atoms with Crippen LogP contribution >= 0.6 is 0 Å². The van der Waals surface area contributed by atoms with Gasteiger partial charge in [0.05, 0.1) is 17.7 Å². The lowest BCUT2D eigenvalue weighted by Gasteiger charge is -2.12. The third-order valence-electron chi connectivity index (χ3n) is 2.31. The molecule has 0 atom stereocenters. The van der Waals surface area contributed by atoms with E-state index in [1.54, 1.807) is 0 Å². The minimum atomic E-state index is -0.531. The molecule has 0 fully saturated rings. The van der Waals surface area contributed by atoms with Gasteiger partial charge in [-0.2, -0.15) is 0 Å². The standard InChI is InChI=1S/C12H17N3O4/c1-8(2)7-13-12(16)14-10-6-9(15(17)18)4-5-11(10)19-3/h4-6,8H,7H2,1-3H3,(H2,13,14,16). The number of anilines is 1. The van der Waals surface area contributed by atoms with E-state index in [1.165, 1.54) is 25.3 Å². The summed E-state index contributed by atoms with van der Waals surface area (Å²) in [5, 5.41) is 15.9. The monoisotopic (exact) mass is 267 g/mol. The first kappa shape index (κ1) is 14.7. The van der Waals surface area contributed by atoms with Crippen molar-refractivity contribution in [2.75, 3.05) is 19.0 Å². The molecule has 1 aromatic carbocycles. The molecule has 19 heavy (non-hydrogen) atoms. The highest BCUT2D eigenvalue weighted by atomic mass is 16.6. The van der Waals surface area contributed by atoms with Crippen LogP contribution in [0, 0.1) is 16.0 Å². The highest BCUT2D eigenvalue weighted by Gasteiger charge is 2.13. The van der Waals surface area contributed by atoms with Gasteiger partial charge in [0, 0.05) is 18.7 Å². The van der Waals surface area contributed by atoms with Crippen molar-refractivity contribution in [3.8, 4) is 5.75 Å². The van der Waals surface area contributed by atoms with Crippen LogP contribution in [0.3, 0.4) is 0 Å². The molecule has 2 amide bonds. The number of hydrogen-bond donors (Lipinski definition) is 2. The van der Waals surface area contributed by atoms with Crippen LogP contribution < -0.4 is 15.4 Å². The molecule has 1 rings (SSSR count). The lowest BCUT2D eigenvalue weighted by molar-refractivity contribution is -0.384. The lowest BCUT2D eigenvalue weighted by Crippen LogP contribution is -2.31. The zero-order valence-electron chi connectivity index (χ0n) is 11.1. The molecule has 0 heterocycles. The van der Waals surface area contributed by atoms with Crippen molar-refractivity contribution in [3.05, 3.63) is 28.3 Å². The van der Waals surface area contributed by atoms with Crippen LogP contribution in [0.25, 0.3) is 0 Å². The second-order valence-electron chi connectivity index (χ2n) is 4.37. The Balaban J connectivity index is 2.82. The number of nitrogens with one attached hydrogen (secondary N) is 2. The van der Waals surface area contributed by atoms with Crippen molar-refractivity contribution < 1.29 is 14.5 Å². The van der Waals surface area contributed by atoms with Gasteiger partial charge in [-0.15, -0.1) is 0 Å². The molecular formula is C12H17N3O4. The first-order valence-electron chi connectivity index (χ1n) is 5.81. The van der Waals surface area contributed by atoms with Crippen LogP contribution in [0.2, 0.25) is 0 Å². The normalized spacial score (nSPS) is 10.1. The number of nitro groups is 1. The van der Waals surface area contributed by atoms with E-state index in [-0.39, 0.29) is 11.4 Å². The maximum Gasteiger partial charge on any atom is 0.319 e. The number of nitro benzene ring substituents is 1. The Labute approximate surface area is 111 Å². The zero-order valence-corrected chi connectivity index (χ0v) is 11.1. The zero-order chi connectivity index (χ0) is 14.4. The third kappa shape index (κ3) is 4.46. The topological polar surface area (TPSA) is 93.5 Å². The van der Waals surface area contributed by atoms with Crippen molar-refractivity contribution in [2.45, 2.75) is 13.8 Å². The number of hydrogen-bond acceptors (Lipinski definition) is 4. The van der Waals surface area contributed by atoms with E-state index >= 15 is 0 Å².